The van der Waals surface area contributed by atoms with E-state index in [0.29, 0.717) is 48.4 Å². The minimum absolute atomic E-state index is 0.0207. The highest BCUT2D eigenvalue weighted by atomic mass is 16.7. The van der Waals surface area contributed by atoms with Gasteiger partial charge in [0.15, 0.2) is 11.2 Å². The molecule has 1 saturated carbocycles. The second kappa shape index (κ2) is 9.66. The molecule has 166 valence electrons. The van der Waals surface area contributed by atoms with Crippen LogP contribution in [0.1, 0.15) is 44.1 Å². The number of rotatable bonds is 9. The number of carbonyl (C=O) groups excluding carboxylic acids is 1. The second-order valence-electron chi connectivity index (χ2n) is 8.20. The number of hydrogen-bond donors (Lipinski definition) is 2. The SMILES string of the molecule is CCO[C@H]1OC(C(=O)NCC2CC2)=C[C@@H](c2coc3ccccc3c2=O)[C@H]1CCCO. The standard InChI is InChI=1S/C24H29NO6/c1-2-29-24-16(7-5-11-26)18(12-21(31-24)23(28)25-13-15-9-10-15)19-14-30-20-8-4-3-6-17(20)22(19)27/h3-4,6,8,12,14-16,18,24,26H,2,5,7,9-11,13H2,1H3,(H,25,28)/t16-,18-,24+/m1/s1. The van der Waals surface area contributed by atoms with E-state index in [-0.39, 0.29) is 29.6 Å². The first kappa shape index (κ1) is 21.6. The van der Waals surface area contributed by atoms with Crippen LogP contribution < -0.4 is 10.7 Å². The number of fused-ring (bicyclic) bond motifs is 1. The molecule has 1 aromatic heterocycles. The van der Waals surface area contributed by atoms with E-state index >= 15 is 0 Å². The van der Waals surface area contributed by atoms with Crippen LogP contribution in [0.3, 0.4) is 0 Å². The Kier molecular flexibility index (Phi) is 6.73. The van der Waals surface area contributed by atoms with E-state index in [9.17, 15) is 14.7 Å². The van der Waals surface area contributed by atoms with Gasteiger partial charge in [-0.1, -0.05) is 12.1 Å². The first-order valence-corrected chi connectivity index (χ1v) is 11.0. The van der Waals surface area contributed by atoms with Gasteiger partial charge in [0.2, 0.25) is 6.29 Å². The van der Waals surface area contributed by atoms with Crippen molar-refractivity contribution in [2.24, 2.45) is 11.8 Å². The van der Waals surface area contributed by atoms with Gasteiger partial charge >= 0.3 is 0 Å². The fraction of sp³-hybridized carbons (Fsp3) is 0.500. The number of nitrogens with one attached hydrogen (secondary N) is 1. The van der Waals surface area contributed by atoms with E-state index in [0.717, 1.165) is 12.8 Å². The third kappa shape index (κ3) is 4.83. The average Bonchev–Trinajstić information content (AvgIpc) is 3.61. The number of para-hydroxylation sites is 1. The Labute approximate surface area is 181 Å². The number of aliphatic hydroxyl groups excluding tert-OH is 1. The number of benzene rings is 1. The van der Waals surface area contributed by atoms with Crippen molar-refractivity contribution in [1.29, 1.82) is 0 Å². The summed E-state index contributed by atoms with van der Waals surface area (Å²) in [6.45, 7) is 2.90. The first-order valence-electron chi connectivity index (χ1n) is 11.0. The number of ether oxygens (including phenoxy) is 2. The molecule has 2 heterocycles. The zero-order valence-corrected chi connectivity index (χ0v) is 17.7. The number of carbonyl (C=O) groups is 1. The molecule has 1 aliphatic heterocycles. The molecule has 0 spiro atoms. The topological polar surface area (TPSA) is 98.0 Å². The lowest BCUT2D eigenvalue weighted by molar-refractivity contribution is -0.166. The van der Waals surface area contributed by atoms with Crippen molar-refractivity contribution < 1.29 is 23.8 Å². The van der Waals surface area contributed by atoms with Gasteiger partial charge < -0.3 is 24.3 Å². The molecule has 1 fully saturated rings. The highest BCUT2D eigenvalue weighted by Crippen LogP contribution is 2.39. The first-order chi connectivity index (χ1) is 15.1. The van der Waals surface area contributed by atoms with Gasteiger partial charge in [-0.2, -0.15) is 0 Å². The van der Waals surface area contributed by atoms with Crippen LogP contribution in [0.25, 0.3) is 11.0 Å². The molecule has 31 heavy (non-hydrogen) atoms. The van der Waals surface area contributed by atoms with Crippen molar-refractivity contribution in [3.05, 3.63) is 58.2 Å². The Morgan fingerprint density at radius 3 is 2.84 bits per heavy atom. The van der Waals surface area contributed by atoms with Crippen LogP contribution in [0.4, 0.5) is 0 Å². The maximum Gasteiger partial charge on any atom is 0.286 e. The molecule has 7 nitrogen and oxygen atoms in total. The molecule has 1 aromatic carbocycles. The summed E-state index contributed by atoms with van der Waals surface area (Å²) in [6, 6.07) is 7.10. The van der Waals surface area contributed by atoms with Crippen LogP contribution in [-0.2, 0) is 14.3 Å². The van der Waals surface area contributed by atoms with E-state index in [1.807, 2.05) is 13.0 Å². The maximum absolute atomic E-state index is 13.3. The second-order valence-corrected chi connectivity index (χ2v) is 8.20. The lowest BCUT2D eigenvalue weighted by Crippen LogP contribution is -2.40. The Morgan fingerprint density at radius 2 is 2.10 bits per heavy atom. The van der Waals surface area contributed by atoms with Crippen molar-refractivity contribution in [3.63, 3.8) is 0 Å². The van der Waals surface area contributed by atoms with Gasteiger partial charge in [-0.25, -0.2) is 0 Å². The number of amides is 1. The summed E-state index contributed by atoms with van der Waals surface area (Å²) in [5.41, 5.74) is 0.845. The summed E-state index contributed by atoms with van der Waals surface area (Å²) in [6.07, 6.45) is 5.86. The third-order valence-corrected chi connectivity index (χ3v) is 5.95. The van der Waals surface area contributed by atoms with Crippen molar-refractivity contribution in [1.82, 2.24) is 5.32 Å². The molecule has 4 rings (SSSR count). The van der Waals surface area contributed by atoms with Crippen molar-refractivity contribution >= 4 is 16.9 Å². The van der Waals surface area contributed by atoms with Gasteiger partial charge in [-0.05, 0) is 56.7 Å². The van der Waals surface area contributed by atoms with Crippen molar-refractivity contribution in [2.45, 2.75) is 44.8 Å². The fourth-order valence-corrected chi connectivity index (χ4v) is 4.09. The molecule has 1 aliphatic carbocycles. The molecule has 2 N–H and O–H groups in total. The normalized spacial score (nSPS) is 23.3. The molecular weight excluding hydrogens is 398 g/mol. The predicted octanol–water partition coefficient (Wildman–Crippen LogP) is 3.07. The van der Waals surface area contributed by atoms with Gasteiger partial charge in [0.05, 0.1) is 11.6 Å². The molecule has 1 amide bonds. The fourth-order valence-electron chi connectivity index (χ4n) is 4.09. The average molecular weight is 427 g/mol. The van der Waals surface area contributed by atoms with Crippen LogP contribution in [0.5, 0.6) is 0 Å². The minimum atomic E-state index is -0.695. The highest BCUT2D eigenvalue weighted by Gasteiger charge is 2.39. The quantitative estimate of drug-likeness (QED) is 0.638. The van der Waals surface area contributed by atoms with Gasteiger partial charge in [0.25, 0.3) is 5.91 Å². The van der Waals surface area contributed by atoms with Crippen molar-refractivity contribution in [3.8, 4) is 0 Å². The van der Waals surface area contributed by atoms with E-state index in [2.05, 4.69) is 5.32 Å². The smallest absolute Gasteiger partial charge is 0.286 e. The van der Waals surface area contributed by atoms with E-state index in [1.54, 1.807) is 24.3 Å². The summed E-state index contributed by atoms with van der Waals surface area (Å²) in [4.78, 5) is 26.1. The van der Waals surface area contributed by atoms with E-state index in [1.165, 1.54) is 6.26 Å². The zero-order valence-electron chi connectivity index (χ0n) is 17.7. The van der Waals surface area contributed by atoms with Crippen LogP contribution >= 0.6 is 0 Å². The van der Waals surface area contributed by atoms with E-state index in [4.69, 9.17) is 13.9 Å². The summed E-state index contributed by atoms with van der Waals surface area (Å²) in [5, 5.41) is 12.8. The zero-order chi connectivity index (χ0) is 21.8. The molecule has 0 unspecified atom stereocenters. The van der Waals surface area contributed by atoms with Crippen molar-refractivity contribution in [2.75, 3.05) is 19.8 Å². The largest absolute Gasteiger partial charge is 0.464 e. The maximum atomic E-state index is 13.3. The Bertz CT molecular complexity index is 1010. The minimum Gasteiger partial charge on any atom is -0.464 e. The lowest BCUT2D eigenvalue weighted by atomic mass is 9.81. The van der Waals surface area contributed by atoms with E-state index < -0.39 is 12.2 Å². The monoisotopic (exact) mass is 427 g/mol. The highest BCUT2D eigenvalue weighted by molar-refractivity contribution is 5.91. The molecule has 0 saturated heterocycles. The van der Waals surface area contributed by atoms with Crippen LogP contribution in [0.2, 0.25) is 0 Å². The third-order valence-electron chi connectivity index (χ3n) is 5.95. The number of hydrogen-bond acceptors (Lipinski definition) is 6. The lowest BCUT2D eigenvalue weighted by Gasteiger charge is -2.36. The molecule has 0 radical (unpaired) electrons. The van der Waals surface area contributed by atoms with Gasteiger partial charge in [0.1, 0.15) is 5.58 Å². The van der Waals surface area contributed by atoms with Gasteiger partial charge in [0, 0.05) is 37.2 Å². The molecule has 3 atom stereocenters. The molecule has 0 bridgehead atoms. The van der Waals surface area contributed by atoms with Gasteiger partial charge in [-0.15, -0.1) is 0 Å². The summed E-state index contributed by atoms with van der Waals surface area (Å²) < 4.78 is 17.5. The summed E-state index contributed by atoms with van der Waals surface area (Å²) in [5.74, 6) is -0.267. The molecule has 2 aliphatic rings. The Morgan fingerprint density at radius 1 is 1.29 bits per heavy atom. The van der Waals surface area contributed by atoms with Crippen LogP contribution in [0.15, 0.2) is 51.6 Å². The number of aliphatic hydroxyl groups is 1. The Hall–Kier alpha value is -2.64. The molecule has 2 aromatic rings. The Balaban J connectivity index is 1.73. The summed E-state index contributed by atoms with van der Waals surface area (Å²) in [7, 11) is 0. The number of allylic oxidation sites excluding steroid dienone is 1. The van der Waals surface area contributed by atoms with Gasteiger partial charge in [-0.3, -0.25) is 9.59 Å². The summed E-state index contributed by atoms with van der Waals surface area (Å²) >= 11 is 0. The predicted molar refractivity (Wildman–Crippen MR) is 115 cm³/mol. The molecular formula is C24H29NO6. The van der Waals surface area contributed by atoms with Crippen LogP contribution in [0, 0.1) is 11.8 Å². The van der Waals surface area contributed by atoms with Crippen LogP contribution in [-0.4, -0.2) is 37.1 Å². The molecule has 7 heteroatoms.